The third-order valence-corrected chi connectivity index (χ3v) is 4.71. The fourth-order valence-corrected chi connectivity index (χ4v) is 3.47. The van der Waals surface area contributed by atoms with Crippen molar-refractivity contribution in [1.29, 1.82) is 0 Å². The number of halogens is 3. The Labute approximate surface area is 153 Å². The molecule has 5 nitrogen and oxygen atoms in total. The van der Waals surface area contributed by atoms with Crippen molar-refractivity contribution >= 4 is 45.3 Å². The summed E-state index contributed by atoms with van der Waals surface area (Å²) in [7, 11) is 0. The number of anilines is 2. The van der Waals surface area contributed by atoms with Crippen molar-refractivity contribution in [3.63, 3.8) is 0 Å². The number of hydrogen-bond acceptors (Lipinski definition) is 5. The highest BCUT2D eigenvalue weighted by molar-refractivity contribution is 7.14. The molecule has 26 heavy (non-hydrogen) atoms. The Morgan fingerprint density at radius 1 is 1.00 bits per heavy atom. The van der Waals surface area contributed by atoms with Crippen molar-refractivity contribution < 1.29 is 22.8 Å². The molecular weight excluding hydrogens is 387 g/mol. The van der Waals surface area contributed by atoms with Crippen LogP contribution < -0.4 is 10.6 Å². The zero-order valence-corrected chi connectivity index (χ0v) is 14.5. The van der Waals surface area contributed by atoms with Crippen molar-refractivity contribution in [2.24, 2.45) is 0 Å². The Hall–Kier alpha value is -2.72. The number of aromatic nitrogens is 1. The molecule has 1 aromatic carbocycles. The van der Waals surface area contributed by atoms with Crippen molar-refractivity contribution in [1.82, 2.24) is 4.98 Å². The molecule has 0 aliphatic rings. The molecule has 0 unspecified atom stereocenters. The van der Waals surface area contributed by atoms with Gasteiger partial charge in [0.1, 0.15) is 0 Å². The summed E-state index contributed by atoms with van der Waals surface area (Å²) in [6.07, 6.45) is -5.03. The molecule has 0 atom stereocenters. The number of amides is 2. The van der Waals surface area contributed by atoms with Gasteiger partial charge in [-0.2, -0.15) is 13.2 Å². The number of nitrogens with one attached hydrogen (secondary N) is 2. The topological polar surface area (TPSA) is 71.1 Å². The van der Waals surface area contributed by atoms with Gasteiger partial charge in [-0.1, -0.05) is 30.3 Å². The molecule has 0 aliphatic heterocycles. The Kier molecular flexibility index (Phi) is 5.05. The summed E-state index contributed by atoms with van der Waals surface area (Å²) in [5.41, 5.74) is 1.28. The molecule has 134 valence electrons. The largest absolute Gasteiger partial charge is 0.471 e. The number of carbonyl (C=O) groups is 2. The van der Waals surface area contributed by atoms with E-state index in [1.807, 2.05) is 30.3 Å². The molecule has 2 aromatic heterocycles. The van der Waals surface area contributed by atoms with Crippen LogP contribution in [0.4, 0.5) is 24.0 Å². The van der Waals surface area contributed by atoms with Gasteiger partial charge in [0.15, 0.2) is 5.13 Å². The quantitative estimate of drug-likeness (QED) is 0.675. The van der Waals surface area contributed by atoms with E-state index in [9.17, 15) is 22.8 Å². The lowest BCUT2D eigenvalue weighted by atomic mass is 10.2. The number of carbonyl (C=O) groups excluding carboxylic acids is 2. The van der Waals surface area contributed by atoms with Crippen LogP contribution in [-0.2, 0) is 4.79 Å². The maximum Gasteiger partial charge on any atom is 0.471 e. The zero-order valence-electron chi connectivity index (χ0n) is 12.8. The smallest absolute Gasteiger partial charge is 0.317 e. The molecule has 10 heteroatoms. The third-order valence-electron chi connectivity index (χ3n) is 3.21. The van der Waals surface area contributed by atoms with Gasteiger partial charge < -0.3 is 5.32 Å². The van der Waals surface area contributed by atoms with E-state index in [0.717, 1.165) is 16.9 Å². The lowest BCUT2D eigenvalue weighted by molar-refractivity contribution is -0.167. The van der Waals surface area contributed by atoms with Crippen LogP contribution in [0.2, 0.25) is 0 Å². The molecule has 0 spiro atoms. The van der Waals surface area contributed by atoms with E-state index in [1.165, 1.54) is 22.1 Å². The van der Waals surface area contributed by atoms with Crippen LogP contribution >= 0.6 is 22.7 Å². The second kappa shape index (κ2) is 7.26. The van der Waals surface area contributed by atoms with Gasteiger partial charge in [-0.15, -0.1) is 22.7 Å². The lowest BCUT2D eigenvalue weighted by Crippen LogP contribution is -2.30. The first-order valence-corrected chi connectivity index (χ1v) is 8.93. The van der Waals surface area contributed by atoms with Crippen LogP contribution in [0.25, 0.3) is 11.3 Å². The first-order chi connectivity index (χ1) is 12.3. The van der Waals surface area contributed by atoms with E-state index in [4.69, 9.17) is 0 Å². The number of thiophene rings is 1. The Morgan fingerprint density at radius 2 is 1.73 bits per heavy atom. The second-order valence-electron chi connectivity index (χ2n) is 5.01. The zero-order chi connectivity index (χ0) is 18.7. The average Bonchev–Trinajstić information content (AvgIpc) is 3.24. The number of rotatable bonds is 4. The summed E-state index contributed by atoms with van der Waals surface area (Å²) >= 11 is 2.19. The molecule has 0 bridgehead atoms. The van der Waals surface area contributed by atoms with Gasteiger partial charge in [0.25, 0.3) is 5.91 Å². The first-order valence-electron chi connectivity index (χ1n) is 7.11. The summed E-state index contributed by atoms with van der Waals surface area (Å²) in [5, 5.41) is 8.89. The Balaban J connectivity index is 1.73. The highest BCUT2D eigenvalue weighted by Gasteiger charge is 2.39. The molecule has 0 saturated heterocycles. The highest BCUT2D eigenvalue weighted by Crippen LogP contribution is 2.28. The second-order valence-corrected chi connectivity index (χ2v) is 6.61. The van der Waals surface area contributed by atoms with Gasteiger partial charge in [-0.25, -0.2) is 4.98 Å². The predicted molar refractivity (Wildman–Crippen MR) is 94.5 cm³/mol. The van der Waals surface area contributed by atoms with E-state index >= 15 is 0 Å². The van der Waals surface area contributed by atoms with E-state index in [0.29, 0.717) is 10.8 Å². The standard InChI is InChI=1S/C16H10F3N3O2S2/c17-16(18,19)14(24)20-12-7-25-6-10(12)13(23)22-15-21-11(8-26-15)9-4-2-1-3-5-9/h1-8H,(H,20,24)(H,21,22,23). The van der Waals surface area contributed by atoms with Gasteiger partial charge in [-0.3, -0.25) is 14.9 Å². The van der Waals surface area contributed by atoms with Crippen LogP contribution in [0, 0.1) is 0 Å². The molecule has 2 heterocycles. The molecule has 3 rings (SSSR count). The molecule has 2 N–H and O–H groups in total. The molecule has 0 saturated carbocycles. The molecule has 0 fully saturated rings. The molecule has 3 aromatic rings. The van der Waals surface area contributed by atoms with Gasteiger partial charge in [0.05, 0.1) is 16.9 Å². The number of thiazole rings is 1. The normalized spacial score (nSPS) is 11.2. The number of hydrogen-bond donors (Lipinski definition) is 2. The van der Waals surface area contributed by atoms with Crippen molar-refractivity contribution in [2.45, 2.75) is 6.18 Å². The average molecular weight is 397 g/mol. The molecular formula is C16H10F3N3O2S2. The molecule has 2 amide bonds. The third kappa shape index (κ3) is 4.09. The Bertz CT molecular complexity index is 936. The fourth-order valence-electron chi connectivity index (χ4n) is 2.00. The summed E-state index contributed by atoms with van der Waals surface area (Å²) in [5.74, 6) is -2.79. The van der Waals surface area contributed by atoms with Crippen LogP contribution in [-0.4, -0.2) is 23.0 Å². The summed E-state index contributed by atoms with van der Waals surface area (Å²) < 4.78 is 37.1. The van der Waals surface area contributed by atoms with E-state index in [2.05, 4.69) is 10.3 Å². The first kappa shape index (κ1) is 18.1. The van der Waals surface area contributed by atoms with Gasteiger partial charge in [0.2, 0.25) is 0 Å². The van der Waals surface area contributed by atoms with Crippen LogP contribution in [0.5, 0.6) is 0 Å². The summed E-state index contributed by atoms with van der Waals surface area (Å²) in [6, 6.07) is 9.31. The summed E-state index contributed by atoms with van der Waals surface area (Å²) in [4.78, 5) is 27.6. The SMILES string of the molecule is O=C(Nc1nc(-c2ccccc2)cs1)c1cscc1NC(=O)C(F)(F)F. The van der Waals surface area contributed by atoms with Gasteiger partial charge >= 0.3 is 12.1 Å². The van der Waals surface area contributed by atoms with Crippen molar-refractivity contribution in [2.75, 3.05) is 10.6 Å². The maximum atomic E-state index is 12.4. The number of nitrogens with zero attached hydrogens (tertiary/aromatic N) is 1. The minimum absolute atomic E-state index is 0.0657. The number of alkyl halides is 3. The number of benzene rings is 1. The highest BCUT2D eigenvalue weighted by atomic mass is 32.1. The lowest BCUT2D eigenvalue weighted by Gasteiger charge is -2.08. The molecule has 0 radical (unpaired) electrons. The predicted octanol–water partition coefficient (Wildman–Crippen LogP) is 4.62. The van der Waals surface area contributed by atoms with Crippen LogP contribution in [0.1, 0.15) is 10.4 Å². The molecule has 0 aliphatic carbocycles. The fraction of sp³-hybridized carbons (Fsp3) is 0.0625. The van der Waals surface area contributed by atoms with Crippen LogP contribution in [0.15, 0.2) is 46.5 Å². The monoisotopic (exact) mass is 397 g/mol. The minimum atomic E-state index is -5.03. The van der Waals surface area contributed by atoms with E-state index < -0.39 is 18.0 Å². The Morgan fingerprint density at radius 3 is 2.42 bits per heavy atom. The van der Waals surface area contributed by atoms with Gasteiger partial charge in [0, 0.05) is 21.7 Å². The van der Waals surface area contributed by atoms with Crippen molar-refractivity contribution in [3.05, 3.63) is 52.0 Å². The van der Waals surface area contributed by atoms with Crippen molar-refractivity contribution in [3.8, 4) is 11.3 Å². The maximum absolute atomic E-state index is 12.4. The van der Waals surface area contributed by atoms with E-state index in [-0.39, 0.29) is 11.3 Å². The van der Waals surface area contributed by atoms with Gasteiger partial charge in [-0.05, 0) is 0 Å². The van der Waals surface area contributed by atoms with Crippen LogP contribution in [0.3, 0.4) is 0 Å². The summed E-state index contributed by atoms with van der Waals surface area (Å²) in [6.45, 7) is 0. The van der Waals surface area contributed by atoms with E-state index in [1.54, 1.807) is 10.7 Å². The minimum Gasteiger partial charge on any atom is -0.317 e.